The fourth-order valence-corrected chi connectivity index (χ4v) is 0.678. The van der Waals surface area contributed by atoms with E-state index in [0.29, 0.717) is 0 Å². The van der Waals surface area contributed by atoms with E-state index in [1.54, 1.807) is 18.5 Å². The second-order valence-electron chi connectivity index (χ2n) is 1.47. The SMILES string of the molecule is S=[N+]([S-])c1cccnc1. The summed E-state index contributed by atoms with van der Waals surface area (Å²) in [6.45, 7) is 0. The highest BCUT2D eigenvalue weighted by Crippen LogP contribution is 2.04. The number of aromatic nitrogens is 1. The van der Waals surface area contributed by atoms with Crippen LogP contribution in [0.3, 0.4) is 0 Å². The van der Waals surface area contributed by atoms with Crippen LogP contribution in [0.1, 0.15) is 0 Å². The Hall–Kier alpha value is -0.610. The van der Waals surface area contributed by atoms with Crippen LogP contribution in [0.15, 0.2) is 24.5 Å². The van der Waals surface area contributed by atoms with Crippen LogP contribution in [-0.4, -0.2) is 8.34 Å². The van der Waals surface area contributed by atoms with Gasteiger partial charge in [-0.15, -0.1) is 0 Å². The lowest BCUT2D eigenvalue weighted by Crippen LogP contribution is -1.87. The van der Waals surface area contributed by atoms with E-state index in [-0.39, 0.29) is 0 Å². The lowest BCUT2D eigenvalue weighted by atomic mass is 10.4. The van der Waals surface area contributed by atoms with Gasteiger partial charge in [-0.05, 0) is 6.07 Å². The molecule has 0 saturated carbocycles. The number of nitrogens with zero attached hydrogens (tertiary/aromatic N) is 2. The molecule has 1 rings (SSSR count). The highest BCUT2D eigenvalue weighted by Gasteiger charge is 1.92. The molecule has 46 valence electrons. The fourth-order valence-electron chi connectivity index (χ4n) is 0.462. The zero-order valence-corrected chi connectivity index (χ0v) is 6.15. The van der Waals surface area contributed by atoms with Gasteiger partial charge in [0.15, 0.2) is 0 Å². The van der Waals surface area contributed by atoms with Crippen molar-refractivity contribution in [1.82, 2.24) is 4.98 Å². The molecule has 0 aliphatic heterocycles. The molecular formula is C5H4N2S2. The van der Waals surface area contributed by atoms with Crippen molar-refractivity contribution in [3.63, 3.8) is 0 Å². The van der Waals surface area contributed by atoms with Crippen LogP contribution in [0.25, 0.3) is 0 Å². The molecule has 1 aromatic rings. The monoisotopic (exact) mass is 156 g/mol. The van der Waals surface area contributed by atoms with E-state index < -0.39 is 0 Å². The third-order valence-corrected chi connectivity index (χ3v) is 1.28. The largest absolute Gasteiger partial charge is 0.258 e. The first kappa shape index (κ1) is 6.51. The normalized spacial score (nSPS) is 8.89. The molecule has 0 amide bonds. The molecule has 9 heavy (non-hydrogen) atoms. The topological polar surface area (TPSA) is 15.9 Å². The Balaban J connectivity index is 2.98. The first-order valence-electron chi connectivity index (χ1n) is 2.35. The molecule has 0 bridgehead atoms. The maximum atomic E-state index is 4.65. The standard InChI is InChI=1S/C5H4N2S2/c8-7(9)5-2-1-3-6-4-5/h1-4H. The van der Waals surface area contributed by atoms with E-state index in [1.165, 1.54) is 3.35 Å². The summed E-state index contributed by atoms with van der Waals surface area (Å²) in [6.07, 6.45) is 3.30. The summed E-state index contributed by atoms with van der Waals surface area (Å²) >= 11 is 9.31. The Morgan fingerprint density at radius 1 is 1.67 bits per heavy atom. The average Bonchev–Trinajstić information content (AvgIpc) is 1.90. The Bertz CT molecular complexity index is 209. The Labute approximate surface area is 64.2 Å². The van der Waals surface area contributed by atoms with Gasteiger partial charge in [0, 0.05) is 12.3 Å². The fraction of sp³-hybridized carbons (Fsp3) is 0. The molecule has 0 atom stereocenters. The third-order valence-electron chi connectivity index (χ3n) is 0.857. The zero-order valence-electron chi connectivity index (χ0n) is 4.52. The van der Waals surface area contributed by atoms with Crippen molar-refractivity contribution in [1.29, 1.82) is 0 Å². The maximum Gasteiger partial charge on any atom is 0.220 e. The number of rotatable bonds is 1. The Morgan fingerprint density at radius 2 is 2.44 bits per heavy atom. The molecule has 0 spiro atoms. The van der Waals surface area contributed by atoms with Gasteiger partial charge < -0.3 is 0 Å². The van der Waals surface area contributed by atoms with Gasteiger partial charge in [0.2, 0.25) is 5.69 Å². The van der Waals surface area contributed by atoms with Crippen LogP contribution in [0.5, 0.6) is 0 Å². The summed E-state index contributed by atoms with van der Waals surface area (Å²) in [5.74, 6) is 0. The van der Waals surface area contributed by atoms with E-state index in [1.807, 2.05) is 6.07 Å². The molecule has 0 fully saturated rings. The second-order valence-corrected chi connectivity index (χ2v) is 2.43. The minimum absolute atomic E-state index is 0.766. The molecule has 1 heterocycles. The second kappa shape index (κ2) is 2.80. The first-order valence-corrected chi connectivity index (χ1v) is 3.08. The van der Waals surface area contributed by atoms with Gasteiger partial charge in [-0.3, -0.25) is 4.98 Å². The van der Waals surface area contributed by atoms with E-state index in [2.05, 4.69) is 30.2 Å². The summed E-state index contributed by atoms with van der Waals surface area (Å²) in [7, 11) is 0. The molecule has 0 radical (unpaired) electrons. The van der Waals surface area contributed by atoms with Crippen LogP contribution in [0, 0.1) is 0 Å². The lowest BCUT2D eigenvalue weighted by molar-refractivity contribution is -0.197. The van der Waals surface area contributed by atoms with Gasteiger partial charge in [-0.25, -0.2) is 3.35 Å². The van der Waals surface area contributed by atoms with Gasteiger partial charge in [0.25, 0.3) is 0 Å². The van der Waals surface area contributed by atoms with E-state index in [9.17, 15) is 0 Å². The van der Waals surface area contributed by atoms with Crippen LogP contribution < -0.4 is 0 Å². The van der Waals surface area contributed by atoms with Crippen molar-refractivity contribution in [2.45, 2.75) is 0 Å². The zero-order chi connectivity index (χ0) is 6.69. The molecular weight excluding hydrogens is 152 g/mol. The van der Waals surface area contributed by atoms with Crippen LogP contribution in [0.4, 0.5) is 5.69 Å². The summed E-state index contributed by atoms with van der Waals surface area (Å²) in [5.41, 5.74) is 0.766. The molecule has 2 nitrogen and oxygen atoms in total. The van der Waals surface area contributed by atoms with Crippen LogP contribution >= 0.6 is 0 Å². The van der Waals surface area contributed by atoms with E-state index >= 15 is 0 Å². The summed E-state index contributed by atoms with van der Waals surface area (Å²) < 4.78 is 1.19. The van der Waals surface area contributed by atoms with E-state index in [4.69, 9.17) is 0 Å². The predicted molar refractivity (Wildman–Crippen MR) is 38.9 cm³/mol. The Morgan fingerprint density at radius 3 is 2.78 bits per heavy atom. The van der Waals surface area contributed by atoms with Crippen molar-refractivity contribution >= 4 is 30.9 Å². The van der Waals surface area contributed by atoms with Crippen molar-refractivity contribution in [3.05, 3.63) is 24.5 Å². The smallest absolute Gasteiger partial charge is 0.220 e. The highest BCUT2D eigenvalue weighted by molar-refractivity contribution is 7.58. The van der Waals surface area contributed by atoms with Crippen LogP contribution in [0.2, 0.25) is 0 Å². The van der Waals surface area contributed by atoms with Crippen molar-refractivity contribution < 1.29 is 3.35 Å². The minimum Gasteiger partial charge on any atom is -0.258 e. The molecule has 0 saturated heterocycles. The number of hydrogen-bond donors (Lipinski definition) is 0. The summed E-state index contributed by atoms with van der Waals surface area (Å²) in [4.78, 5) is 3.83. The quantitative estimate of drug-likeness (QED) is 0.444. The van der Waals surface area contributed by atoms with Crippen molar-refractivity contribution in [2.24, 2.45) is 0 Å². The lowest BCUT2D eigenvalue weighted by Gasteiger charge is -1.91. The van der Waals surface area contributed by atoms with Gasteiger partial charge in [0.05, 0.1) is 6.20 Å². The molecule has 1 aromatic heterocycles. The predicted octanol–water partition coefficient (Wildman–Crippen LogP) is 0.918. The Kier molecular flexibility index (Phi) is 2.02. The molecule has 0 aliphatic carbocycles. The average molecular weight is 156 g/mol. The van der Waals surface area contributed by atoms with Gasteiger partial charge in [0.1, 0.15) is 0 Å². The van der Waals surface area contributed by atoms with E-state index in [0.717, 1.165) is 5.69 Å². The number of hydrogen-bond acceptors (Lipinski definition) is 3. The summed E-state index contributed by atoms with van der Waals surface area (Å²) in [5, 5.41) is 0. The molecule has 0 N–H and O–H groups in total. The number of pyridine rings is 1. The van der Waals surface area contributed by atoms with Gasteiger partial charge in [-0.1, -0.05) is 25.2 Å². The maximum absolute atomic E-state index is 4.65. The molecule has 0 aliphatic rings. The summed E-state index contributed by atoms with van der Waals surface area (Å²) in [6, 6.07) is 3.61. The molecule has 4 heteroatoms. The molecule has 0 aromatic carbocycles. The van der Waals surface area contributed by atoms with Crippen molar-refractivity contribution in [2.75, 3.05) is 0 Å². The minimum atomic E-state index is 0.766. The van der Waals surface area contributed by atoms with Crippen molar-refractivity contribution in [3.8, 4) is 0 Å². The first-order chi connectivity index (χ1) is 4.30. The third kappa shape index (κ3) is 1.65. The highest BCUT2D eigenvalue weighted by atomic mass is 32.2. The molecule has 0 unspecified atom stereocenters. The van der Waals surface area contributed by atoms with Gasteiger partial charge >= 0.3 is 0 Å². The van der Waals surface area contributed by atoms with Crippen LogP contribution in [-0.2, 0) is 25.2 Å². The van der Waals surface area contributed by atoms with Gasteiger partial charge in [-0.2, -0.15) is 0 Å².